The average molecular weight is 375 g/mol. The third-order valence-electron chi connectivity index (χ3n) is 3.29. The zero-order valence-electron chi connectivity index (χ0n) is 15.5. The van der Waals surface area contributed by atoms with E-state index in [0.717, 1.165) is 18.6 Å². The van der Waals surface area contributed by atoms with Crippen LogP contribution in [-0.2, 0) is 11.0 Å². The van der Waals surface area contributed by atoms with Crippen LogP contribution in [0.4, 0.5) is 13.2 Å². The molecule has 144 valence electrons. The van der Waals surface area contributed by atoms with Crippen molar-refractivity contribution in [3.8, 4) is 11.8 Å². The summed E-state index contributed by atoms with van der Waals surface area (Å²) in [6, 6.07) is 5.10. The molecule has 0 radical (unpaired) electrons. The first-order valence-corrected chi connectivity index (χ1v) is 8.72. The van der Waals surface area contributed by atoms with Gasteiger partial charge in [0.2, 0.25) is 5.91 Å². The average Bonchev–Trinajstić information content (AvgIpc) is 2.61. The van der Waals surface area contributed by atoms with Crippen LogP contribution in [0.15, 0.2) is 54.6 Å². The molecule has 27 heavy (non-hydrogen) atoms. The topological polar surface area (TPSA) is 29.1 Å². The van der Waals surface area contributed by atoms with Gasteiger partial charge in [0.25, 0.3) is 0 Å². The second-order valence-electron chi connectivity index (χ2n) is 6.24. The number of hydrogen-bond acceptors (Lipinski definition) is 1. The van der Waals surface area contributed by atoms with Crippen molar-refractivity contribution in [3.63, 3.8) is 0 Å². The molecule has 1 N–H and O–H groups in total. The molecule has 0 aliphatic carbocycles. The number of allylic oxidation sites excluding steroid dienone is 4. The number of hydrogen-bond donors (Lipinski definition) is 1. The molecule has 0 aromatic heterocycles. The van der Waals surface area contributed by atoms with Crippen LogP contribution in [0.3, 0.4) is 0 Å². The molecule has 0 spiro atoms. The monoisotopic (exact) mass is 375 g/mol. The third-order valence-corrected chi connectivity index (χ3v) is 3.29. The molecule has 0 atom stereocenters. The highest BCUT2D eigenvalue weighted by Gasteiger charge is 2.30. The third kappa shape index (κ3) is 10.8. The minimum absolute atomic E-state index is 0.118. The fraction of sp³-hybridized carbons (Fsp3) is 0.318. The van der Waals surface area contributed by atoms with E-state index in [4.69, 9.17) is 0 Å². The Morgan fingerprint density at radius 1 is 1.26 bits per heavy atom. The van der Waals surface area contributed by atoms with Gasteiger partial charge in [0.05, 0.1) is 5.56 Å². The zero-order chi connectivity index (χ0) is 20.1. The van der Waals surface area contributed by atoms with E-state index in [1.54, 1.807) is 24.3 Å². The van der Waals surface area contributed by atoms with Crippen LogP contribution in [0.25, 0.3) is 6.08 Å². The van der Waals surface area contributed by atoms with Crippen LogP contribution in [0, 0.1) is 17.8 Å². The quantitative estimate of drug-likeness (QED) is 0.294. The molecule has 1 amide bonds. The van der Waals surface area contributed by atoms with E-state index < -0.39 is 11.7 Å². The van der Waals surface area contributed by atoms with Crippen molar-refractivity contribution in [2.45, 2.75) is 32.9 Å². The second-order valence-corrected chi connectivity index (χ2v) is 6.24. The Bertz CT molecular complexity index is 747. The number of benzene rings is 1. The van der Waals surface area contributed by atoms with E-state index in [1.807, 2.05) is 19.9 Å². The molecule has 0 aliphatic rings. The molecule has 1 aromatic carbocycles. The minimum Gasteiger partial charge on any atom is -0.352 e. The van der Waals surface area contributed by atoms with Gasteiger partial charge in [0, 0.05) is 19.0 Å². The summed E-state index contributed by atoms with van der Waals surface area (Å²) in [7, 11) is 0. The van der Waals surface area contributed by atoms with Gasteiger partial charge in [0.1, 0.15) is 0 Å². The predicted octanol–water partition coefficient (Wildman–Crippen LogP) is 5.39. The lowest BCUT2D eigenvalue weighted by Gasteiger charge is -2.06. The van der Waals surface area contributed by atoms with E-state index in [-0.39, 0.29) is 5.91 Å². The number of alkyl halides is 3. The minimum atomic E-state index is -4.34. The summed E-state index contributed by atoms with van der Waals surface area (Å²) in [4.78, 5) is 11.4. The maximum absolute atomic E-state index is 12.6. The van der Waals surface area contributed by atoms with Crippen molar-refractivity contribution in [1.82, 2.24) is 5.32 Å². The first kappa shape index (κ1) is 22.3. The highest BCUT2D eigenvalue weighted by molar-refractivity contribution is 5.87. The van der Waals surface area contributed by atoms with Gasteiger partial charge in [-0.1, -0.05) is 56.0 Å². The summed E-state index contributed by atoms with van der Waals surface area (Å²) in [5.74, 6) is 6.02. The Morgan fingerprint density at radius 3 is 2.74 bits per heavy atom. The summed E-state index contributed by atoms with van der Waals surface area (Å²) in [5.41, 5.74) is -0.214. The van der Waals surface area contributed by atoms with Gasteiger partial charge < -0.3 is 5.32 Å². The van der Waals surface area contributed by atoms with Gasteiger partial charge in [-0.05, 0) is 42.2 Å². The summed E-state index contributed by atoms with van der Waals surface area (Å²) >= 11 is 0. The first-order chi connectivity index (χ1) is 12.8. The SMILES string of the molecule is CC(C)CNC(=O)/C=C/C=C/CCC#C/C=C/c1cccc(C(F)(F)F)c1. The van der Waals surface area contributed by atoms with Gasteiger partial charge >= 0.3 is 6.18 Å². The number of unbranched alkanes of at least 4 members (excludes halogenated alkanes) is 1. The molecule has 0 bridgehead atoms. The maximum atomic E-state index is 12.6. The van der Waals surface area contributed by atoms with Crippen LogP contribution in [0.5, 0.6) is 0 Å². The Labute approximate surface area is 158 Å². The van der Waals surface area contributed by atoms with Crippen molar-refractivity contribution >= 4 is 12.0 Å². The van der Waals surface area contributed by atoms with Crippen molar-refractivity contribution in [1.29, 1.82) is 0 Å². The molecular weight excluding hydrogens is 351 g/mol. The molecule has 0 aliphatic heterocycles. The largest absolute Gasteiger partial charge is 0.416 e. The number of carbonyl (C=O) groups excluding carboxylic acids is 1. The molecule has 1 aromatic rings. The van der Waals surface area contributed by atoms with E-state index in [9.17, 15) is 18.0 Å². The summed E-state index contributed by atoms with van der Waals surface area (Å²) in [5, 5.41) is 2.78. The second kappa shape index (κ2) is 11.8. The fourth-order valence-corrected chi connectivity index (χ4v) is 1.92. The normalized spacial score (nSPS) is 12.1. The Kier molecular flexibility index (Phi) is 9.74. The molecule has 2 nitrogen and oxygen atoms in total. The highest BCUT2D eigenvalue weighted by Crippen LogP contribution is 2.29. The van der Waals surface area contributed by atoms with Gasteiger partial charge in [-0.15, -0.1) is 0 Å². The van der Waals surface area contributed by atoms with Crippen molar-refractivity contribution < 1.29 is 18.0 Å². The van der Waals surface area contributed by atoms with Crippen LogP contribution < -0.4 is 5.32 Å². The zero-order valence-corrected chi connectivity index (χ0v) is 15.5. The summed E-state index contributed by atoms with van der Waals surface area (Å²) in [6.07, 6.45) is 6.94. The number of carbonyl (C=O) groups is 1. The number of halogens is 3. The van der Waals surface area contributed by atoms with Gasteiger partial charge in [-0.25, -0.2) is 0 Å². The van der Waals surface area contributed by atoms with Gasteiger partial charge in [-0.2, -0.15) is 13.2 Å². The number of rotatable bonds is 7. The van der Waals surface area contributed by atoms with Gasteiger partial charge in [0.15, 0.2) is 0 Å². The van der Waals surface area contributed by atoms with E-state index >= 15 is 0 Å². The molecule has 0 fully saturated rings. The molecule has 0 heterocycles. The van der Waals surface area contributed by atoms with Crippen LogP contribution >= 0.6 is 0 Å². The lowest BCUT2D eigenvalue weighted by molar-refractivity contribution is -0.137. The van der Waals surface area contributed by atoms with Crippen molar-refractivity contribution in [2.24, 2.45) is 5.92 Å². The molecule has 5 heteroatoms. The Balaban J connectivity index is 2.33. The van der Waals surface area contributed by atoms with Crippen LogP contribution in [-0.4, -0.2) is 12.5 Å². The molecule has 0 saturated carbocycles. The standard InChI is InChI=1S/C22H24F3NO/c1-18(2)17-26-21(27)15-10-8-6-4-3-5-7-9-12-19-13-11-14-20(16-19)22(23,24)25/h6,8-16,18H,3-4,17H2,1-2H3,(H,26,27)/b8-6+,12-9+,15-10+. The lowest BCUT2D eigenvalue weighted by atomic mass is 10.1. The van der Waals surface area contributed by atoms with Crippen molar-refractivity contribution in [3.05, 3.63) is 65.8 Å². The summed E-state index contributed by atoms with van der Waals surface area (Å²) in [6.45, 7) is 4.70. The van der Waals surface area contributed by atoms with E-state index in [2.05, 4.69) is 17.2 Å². The number of amides is 1. The van der Waals surface area contributed by atoms with Gasteiger partial charge in [-0.3, -0.25) is 4.79 Å². The lowest BCUT2D eigenvalue weighted by Crippen LogP contribution is -2.25. The molecule has 0 unspecified atom stereocenters. The van der Waals surface area contributed by atoms with E-state index in [0.29, 0.717) is 24.4 Å². The van der Waals surface area contributed by atoms with Crippen molar-refractivity contribution in [2.75, 3.05) is 6.54 Å². The van der Waals surface area contributed by atoms with Crippen LogP contribution in [0.2, 0.25) is 0 Å². The maximum Gasteiger partial charge on any atom is 0.416 e. The predicted molar refractivity (Wildman–Crippen MR) is 104 cm³/mol. The van der Waals surface area contributed by atoms with E-state index in [1.165, 1.54) is 18.2 Å². The highest BCUT2D eigenvalue weighted by atomic mass is 19.4. The first-order valence-electron chi connectivity index (χ1n) is 8.72. The van der Waals surface area contributed by atoms with Crippen LogP contribution in [0.1, 0.15) is 37.8 Å². The Morgan fingerprint density at radius 2 is 2.04 bits per heavy atom. The summed E-state index contributed by atoms with van der Waals surface area (Å²) < 4.78 is 37.8. The molecule has 0 saturated heterocycles. The number of nitrogens with one attached hydrogen (secondary N) is 1. The fourth-order valence-electron chi connectivity index (χ4n) is 1.92. The molecule has 1 rings (SSSR count). The smallest absolute Gasteiger partial charge is 0.352 e. The molecular formula is C22H24F3NO. The Hall–Kier alpha value is -2.74.